The number of piperidine rings is 1. The number of rotatable bonds is 5. The number of aryl methyl sites for hydroxylation is 1. The average Bonchev–Trinajstić information content (AvgIpc) is 2.83. The largest absolute Gasteiger partial charge is 0.442 e. The molecule has 0 aliphatic carbocycles. The van der Waals surface area contributed by atoms with Gasteiger partial charge in [0.1, 0.15) is 17.7 Å². The van der Waals surface area contributed by atoms with Crippen LogP contribution in [0.5, 0.6) is 0 Å². The summed E-state index contributed by atoms with van der Waals surface area (Å²) in [6.45, 7) is 3.19. The first-order valence-corrected chi connectivity index (χ1v) is 12.7. The number of amides is 5. The third kappa shape index (κ3) is 5.50. The highest BCUT2D eigenvalue weighted by atomic mass is 19.1. The van der Waals surface area contributed by atoms with Crippen molar-refractivity contribution in [2.75, 3.05) is 43.0 Å². The molecular formula is C27H29F2N5O5. The Morgan fingerprint density at radius 2 is 1.69 bits per heavy atom. The van der Waals surface area contributed by atoms with Gasteiger partial charge in [0.25, 0.3) is 0 Å². The molecule has 0 saturated carbocycles. The van der Waals surface area contributed by atoms with E-state index in [-0.39, 0.29) is 43.6 Å². The van der Waals surface area contributed by atoms with Crippen LogP contribution in [0.15, 0.2) is 36.4 Å². The summed E-state index contributed by atoms with van der Waals surface area (Å²) >= 11 is 0. The molecule has 2 aromatic rings. The van der Waals surface area contributed by atoms with Crippen molar-refractivity contribution < 1.29 is 32.7 Å². The highest BCUT2D eigenvalue weighted by Gasteiger charge is 2.37. The monoisotopic (exact) mass is 541 g/mol. The lowest BCUT2D eigenvalue weighted by molar-refractivity contribution is -0.134. The Labute approximate surface area is 223 Å². The number of carbonyl (C=O) groups is 4. The van der Waals surface area contributed by atoms with Crippen molar-refractivity contribution >= 4 is 35.3 Å². The summed E-state index contributed by atoms with van der Waals surface area (Å²) in [4.78, 5) is 53.1. The lowest BCUT2D eigenvalue weighted by Gasteiger charge is -2.43. The Hall–Kier alpha value is -4.22. The molecule has 12 heteroatoms. The molecule has 1 unspecified atom stereocenters. The summed E-state index contributed by atoms with van der Waals surface area (Å²) < 4.78 is 35.0. The first-order chi connectivity index (χ1) is 18.6. The van der Waals surface area contributed by atoms with Crippen molar-refractivity contribution in [3.05, 3.63) is 59.2 Å². The minimum absolute atomic E-state index is 0.0201. The molecule has 206 valence electrons. The first-order valence-electron chi connectivity index (χ1n) is 12.7. The van der Waals surface area contributed by atoms with E-state index in [9.17, 15) is 28.0 Å². The number of likely N-dealkylation sites (tertiary alicyclic amines) is 1. The molecule has 0 spiro atoms. The Morgan fingerprint density at radius 3 is 2.31 bits per heavy atom. The molecule has 5 amide bonds. The van der Waals surface area contributed by atoms with E-state index in [1.807, 2.05) is 31.2 Å². The van der Waals surface area contributed by atoms with E-state index in [1.165, 1.54) is 0 Å². The van der Waals surface area contributed by atoms with Crippen molar-refractivity contribution in [1.29, 1.82) is 0 Å². The topological polar surface area (TPSA) is 111 Å². The molecule has 3 aliphatic heterocycles. The van der Waals surface area contributed by atoms with Gasteiger partial charge in [-0.1, -0.05) is 17.7 Å². The molecule has 0 aromatic heterocycles. The van der Waals surface area contributed by atoms with Gasteiger partial charge in [-0.25, -0.2) is 18.4 Å². The first kappa shape index (κ1) is 26.4. The van der Waals surface area contributed by atoms with Gasteiger partial charge in [-0.2, -0.15) is 0 Å². The fraction of sp³-hybridized carbons (Fsp3) is 0.407. The molecular weight excluding hydrogens is 512 g/mol. The maximum Gasteiger partial charge on any atom is 0.407 e. The number of anilines is 2. The molecule has 39 heavy (non-hydrogen) atoms. The maximum atomic E-state index is 14.8. The lowest BCUT2D eigenvalue weighted by atomic mass is 9.89. The Balaban J connectivity index is 1.06. The summed E-state index contributed by atoms with van der Waals surface area (Å²) in [6.07, 6.45) is -0.966. The molecule has 3 saturated heterocycles. The van der Waals surface area contributed by atoms with Gasteiger partial charge in [-0.05, 0) is 37.6 Å². The van der Waals surface area contributed by atoms with Crippen LogP contribution in [0.2, 0.25) is 0 Å². The van der Waals surface area contributed by atoms with Gasteiger partial charge in [0.15, 0.2) is 0 Å². The van der Waals surface area contributed by atoms with E-state index in [0.29, 0.717) is 18.8 Å². The minimum atomic E-state index is -1.06. The van der Waals surface area contributed by atoms with Crippen molar-refractivity contribution in [3.63, 3.8) is 0 Å². The predicted octanol–water partition coefficient (Wildman–Crippen LogP) is 2.65. The second kappa shape index (κ2) is 10.5. The van der Waals surface area contributed by atoms with E-state index in [2.05, 4.69) is 10.6 Å². The molecule has 2 aromatic carbocycles. The van der Waals surface area contributed by atoms with Crippen LogP contribution < -0.4 is 20.4 Å². The highest BCUT2D eigenvalue weighted by Crippen LogP contribution is 2.33. The van der Waals surface area contributed by atoms with Crippen LogP contribution >= 0.6 is 0 Å². The van der Waals surface area contributed by atoms with Crippen molar-refractivity contribution in [1.82, 2.24) is 15.5 Å². The molecule has 3 aliphatic rings. The molecule has 1 atom stereocenters. The fourth-order valence-electron chi connectivity index (χ4n) is 4.95. The number of imide groups is 1. The highest BCUT2D eigenvalue weighted by molar-refractivity contribution is 6.01. The van der Waals surface area contributed by atoms with E-state index < -0.39 is 41.6 Å². The fourth-order valence-corrected chi connectivity index (χ4v) is 4.95. The van der Waals surface area contributed by atoms with Crippen LogP contribution in [0.1, 0.15) is 29.9 Å². The Kier molecular flexibility index (Phi) is 7.11. The number of halogens is 2. The van der Waals surface area contributed by atoms with Crippen LogP contribution in [0.4, 0.5) is 29.7 Å². The number of hydrogen-bond donors (Lipinski definition) is 2. The van der Waals surface area contributed by atoms with E-state index >= 15 is 0 Å². The Bertz CT molecular complexity index is 1290. The summed E-state index contributed by atoms with van der Waals surface area (Å²) in [5.74, 6) is -3.93. The number of carbonyl (C=O) groups excluding carboxylic acids is 4. The summed E-state index contributed by atoms with van der Waals surface area (Å²) in [5.41, 5.74) is 1.81. The maximum absolute atomic E-state index is 14.8. The van der Waals surface area contributed by atoms with E-state index in [0.717, 1.165) is 23.4 Å². The number of benzene rings is 2. The van der Waals surface area contributed by atoms with E-state index in [1.54, 1.807) is 21.7 Å². The molecule has 2 N–H and O–H groups in total. The zero-order valence-corrected chi connectivity index (χ0v) is 21.6. The van der Waals surface area contributed by atoms with E-state index in [4.69, 9.17) is 4.74 Å². The standard InChI is InChI=1S/C27H29F2N5O5/c1-15-3-5-17(6-4-15)32(2)27(38)34-13-19(14-34)39-26(37)30-16-11-33(12-16)18-9-21(28)24(22(29)10-18)20-7-8-23(35)31-25(20)36/h3-6,9-10,16,19-20H,7-8,11-14H2,1-2H3,(H,30,37)(H,31,35,36). The number of nitrogens with one attached hydrogen (secondary N) is 2. The Morgan fingerprint density at radius 1 is 1.05 bits per heavy atom. The van der Waals surface area contributed by atoms with Gasteiger partial charge in [-0.3, -0.25) is 19.8 Å². The molecule has 0 radical (unpaired) electrons. The second-order valence-corrected chi connectivity index (χ2v) is 10.2. The van der Waals surface area contributed by atoms with Crippen LogP contribution in [0.25, 0.3) is 0 Å². The van der Waals surface area contributed by atoms with Gasteiger partial charge in [0, 0.05) is 43.5 Å². The van der Waals surface area contributed by atoms with Gasteiger partial charge in [0.2, 0.25) is 11.8 Å². The molecule has 5 rings (SSSR count). The van der Waals surface area contributed by atoms with Gasteiger partial charge in [0.05, 0.1) is 25.0 Å². The smallest absolute Gasteiger partial charge is 0.407 e. The van der Waals surface area contributed by atoms with Gasteiger partial charge in [-0.15, -0.1) is 0 Å². The molecule has 3 heterocycles. The predicted molar refractivity (Wildman–Crippen MR) is 137 cm³/mol. The van der Waals surface area contributed by atoms with Crippen molar-refractivity contribution in [3.8, 4) is 0 Å². The van der Waals surface area contributed by atoms with Crippen molar-refractivity contribution in [2.45, 2.75) is 37.8 Å². The lowest BCUT2D eigenvalue weighted by Crippen LogP contribution is -2.62. The number of ether oxygens (including phenoxy) is 1. The third-order valence-electron chi connectivity index (χ3n) is 7.32. The number of alkyl carbamates (subject to hydrolysis) is 1. The second-order valence-electron chi connectivity index (χ2n) is 10.2. The van der Waals surface area contributed by atoms with Gasteiger partial charge >= 0.3 is 12.1 Å². The zero-order valence-electron chi connectivity index (χ0n) is 21.6. The number of nitrogens with zero attached hydrogens (tertiary/aromatic N) is 3. The van der Waals surface area contributed by atoms with Crippen LogP contribution in [0.3, 0.4) is 0 Å². The van der Waals surface area contributed by atoms with Crippen LogP contribution in [0, 0.1) is 18.6 Å². The number of hydrogen-bond acceptors (Lipinski definition) is 6. The van der Waals surface area contributed by atoms with Crippen LogP contribution in [-0.4, -0.2) is 74.2 Å². The van der Waals surface area contributed by atoms with Gasteiger partial charge < -0.3 is 19.9 Å². The number of urea groups is 1. The molecule has 3 fully saturated rings. The third-order valence-corrected chi connectivity index (χ3v) is 7.32. The average molecular weight is 542 g/mol. The zero-order chi connectivity index (χ0) is 27.8. The molecule has 0 bridgehead atoms. The molecule has 10 nitrogen and oxygen atoms in total. The summed E-state index contributed by atoms with van der Waals surface area (Å²) in [7, 11) is 1.69. The quantitative estimate of drug-likeness (QED) is 0.564. The van der Waals surface area contributed by atoms with Crippen molar-refractivity contribution in [2.24, 2.45) is 0 Å². The van der Waals surface area contributed by atoms with Crippen LogP contribution in [-0.2, 0) is 14.3 Å². The SMILES string of the molecule is Cc1ccc(N(C)C(=O)N2CC(OC(=O)NC3CN(c4cc(F)c(C5CCC(=O)NC5=O)c(F)c4)C3)C2)cc1. The summed E-state index contributed by atoms with van der Waals surface area (Å²) in [5, 5.41) is 4.84. The normalized spacial score (nSPS) is 19.6. The minimum Gasteiger partial charge on any atom is -0.442 e. The summed E-state index contributed by atoms with van der Waals surface area (Å²) in [6, 6.07) is 9.44.